The molecule has 214 valence electrons. The number of fused-ring (bicyclic) bond motifs is 1. The number of nitrogens with zero attached hydrogens (tertiary/aromatic N) is 3. The van der Waals surface area contributed by atoms with Crippen LogP contribution >= 0.6 is 11.6 Å². The normalized spacial score (nSPS) is 17.2. The number of phenols is 1. The average Bonchev–Trinajstić information content (AvgIpc) is 3.30. The third kappa shape index (κ3) is 6.39. The van der Waals surface area contributed by atoms with Crippen LogP contribution in [0.25, 0.3) is 11.5 Å². The van der Waals surface area contributed by atoms with Gasteiger partial charge in [-0.2, -0.15) is 0 Å². The van der Waals surface area contributed by atoms with Gasteiger partial charge in [-0.1, -0.05) is 44.5 Å². The van der Waals surface area contributed by atoms with Gasteiger partial charge in [0.1, 0.15) is 17.4 Å². The molecule has 0 aliphatic carbocycles. The summed E-state index contributed by atoms with van der Waals surface area (Å²) < 4.78 is 38.1. The summed E-state index contributed by atoms with van der Waals surface area (Å²) in [5.41, 5.74) is -0.686. The second-order valence-electron chi connectivity index (χ2n) is 11.5. The Labute approximate surface area is 237 Å². The fraction of sp³-hybridized carbons (Fsp3) is 0.407. The number of carbonyl (C=O) groups is 2. The number of alkyl carbamates (subject to hydrolysis) is 1. The van der Waals surface area contributed by atoms with E-state index in [1.807, 2.05) is 20.8 Å². The van der Waals surface area contributed by atoms with Crippen molar-refractivity contribution in [2.75, 3.05) is 10.7 Å². The predicted octanol–water partition coefficient (Wildman–Crippen LogP) is 4.61. The number of rotatable bonds is 4. The molecule has 2 amide bonds. The summed E-state index contributed by atoms with van der Waals surface area (Å²) in [7, 11) is -4.20. The van der Waals surface area contributed by atoms with Crippen LogP contribution in [0, 0.1) is 0 Å². The van der Waals surface area contributed by atoms with Crippen molar-refractivity contribution in [3.8, 4) is 17.2 Å². The number of ether oxygens (including phenoxy) is 1. The molecule has 11 nitrogen and oxygen atoms in total. The van der Waals surface area contributed by atoms with Gasteiger partial charge in [-0.05, 0) is 44.5 Å². The number of anilines is 1. The van der Waals surface area contributed by atoms with Crippen molar-refractivity contribution in [1.82, 2.24) is 15.5 Å². The SMILES string of the molecule is CC(C)(C)OC(=O)N[C@H]1CS(=O)(=O)c2cc(O)c(-c3nnc(C(C)(C)C)o3)cc2N(Cc2ccc(Cl)cc2)C1=O. The Bertz CT molecular complexity index is 1550. The van der Waals surface area contributed by atoms with E-state index in [4.69, 9.17) is 20.8 Å². The molecule has 1 aliphatic heterocycles. The molecule has 0 radical (unpaired) electrons. The number of benzene rings is 2. The molecule has 0 saturated carbocycles. The standard InChI is InChI=1S/C27H31ClN4O7S/c1-26(2,3)24-31-30-22(38-24)17-11-19-21(12-20(17)33)40(36,37)14-18(29-25(35)39-27(4,5)6)23(34)32(19)13-15-7-9-16(28)10-8-15/h7-12,18,33H,13-14H2,1-6H3,(H,29,35)/t18-/m0/s1. The molecule has 2 aromatic carbocycles. The number of hydrogen-bond donors (Lipinski definition) is 2. The summed E-state index contributed by atoms with van der Waals surface area (Å²) in [5, 5.41) is 21.8. The monoisotopic (exact) mass is 590 g/mol. The van der Waals surface area contributed by atoms with E-state index in [-0.39, 0.29) is 28.6 Å². The number of carbonyl (C=O) groups excluding carboxylic acids is 2. The smallest absolute Gasteiger partial charge is 0.408 e. The summed E-state index contributed by atoms with van der Waals surface area (Å²) in [5.74, 6) is -1.61. The Morgan fingerprint density at radius 2 is 1.80 bits per heavy atom. The fourth-order valence-corrected chi connectivity index (χ4v) is 5.75. The lowest BCUT2D eigenvalue weighted by molar-refractivity contribution is -0.120. The van der Waals surface area contributed by atoms with E-state index < -0.39 is 50.4 Å². The van der Waals surface area contributed by atoms with E-state index in [1.54, 1.807) is 45.0 Å². The molecule has 1 aliphatic rings. The minimum absolute atomic E-state index is 0.0169. The largest absolute Gasteiger partial charge is 0.507 e. The van der Waals surface area contributed by atoms with Gasteiger partial charge in [0, 0.05) is 16.5 Å². The minimum Gasteiger partial charge on any atom is -0.507 e. The number of amides is 2. The number of nitrogens with one attached hydrogen (secondary N) is 1. The van der Waals surface area contributed by atoms with Crippen molar-refractivity contribution in [3.63, 3.8) is 0 Å². The first-order valence-electron chi connectivity index (χ1n) is 12.4. The van der Waals surface area contributed by atoms with Gasteiger partial charge in [-0.15, -0.1) is 10.2 Å². The zero-order chi connectivity index (χ0) is 29.6. The van der Waals surface area contributed by atoms with Crippen molar-refractivity contribution in [1.29, 1.82) is 0 Å². The van der Waals surface area contributed by atoms with Crippen LogP contribution < -0.4 is 10.2 Å². The third-order valence-corrected chi connectivity index (χ3v) is 7.92. The van der Waals surface area contributed by atoms with E-state index in [0.29, 0.717) is 16.5 Å². The van der Waals surface area contributed by atoms with Crippen LogP contribution in [0.2, 0.25) is 5.02 Å². The summed E-state index contributed by atoms with van der Waals surface area (Å²) in [6.45, 7) is 10.5. The molecule has 0 bridgehead atoms. The number of hydrogen-bond acceptors (Lipinski definition) is 9. The molecule has 0 saturated heterocycles. The van der Waals surface area contributed by atoms with Gasteiger partial charge in [-0.25, -0.2) is 13.2 Å². The van der Waals surface area contributed by atoms with Gasteiger partial charge in [0.25, 0.3) is 11.8 Å². The topological polar surface area (TPSA) is 152 Å². The zero-order valence-electron chi connectivity index (χ0n) is 23.0. The molecule has 4 rings (SSSR count). The molecular weight excluding hydrogens is 560 g/mol. The Morgan fingerprint density at radius 1 is 1.15 bits per heavy atom. The zero-order valence-corrected chi connectivity index (χ0v) is 24.6. The first kappa shape index (κ1) is 29.3. The number of phenolic OH excluding ortho intramolecular Hbond substituents is 1. The lowest BCUT2D eigenvalue weighted by Gasteiger charge is -2.27. The first-order valence-corrected chi connectivity index (χ1v) is 14.5. The predicted molar refractivity (Wildman–Crippen MR) is 148 cm³/mol. The van der Waals surface area contributed by atoms with E-state index >= 15 is 0 Å². The lowest BCUT2D eigenvalue weighted by atomic mass is 9.97. The molecule has 40 heavy (non-hydrogen) atoms. The van der Waals surface area contributed by atoms with Gasteiger partial charge in [0.05, 0.1) is 28.4 Å². The quantitative estimate of drug-likeness (QED) is 0.443. The Morgan fingerprint density at radius 3 is 2.38 bits per heavy atom. The van der Waals surface area contributed by atoms with Crippen molar-refractivity contribution < 1.29 is 32.3 Å². The molecule has 1 aromatic heterocycles. The molecule has 0 fully saturated rings. The van der Waals surface area contributed by atoms with Crippen LogP contribution in [0.15, 0.2) is 45.7 Å². The number of halogens is 1. The highest BCUT2D eigenvalue weighted by atomic mass is 35.5. The summed E-state index contributed by atoms with van der Waals surface area (Å²) in [6, 6.07) is 7.58. The molecule has 0 spiro atoms. The van der Waals surface area contributed by atoms with Crippen LogP contribution in [0.4, 0.5) is 10.5 Å². The average molecular weight is 591 g/mol. The van der Waals surface area contributed by atoms with Gasteiger partial charge >= 0.3 is 6.09 Å². The maximum absolute atomic E-state index is 13.9. The van der Waals surface area contributed by atoms with Crippen LogP contribution in [0.1, 0.15) is 53.0 Å². The second-order valence-corrected chi connectivity index (χ2v) is 14.0. The van der Waals surface area contributed by atoms with Crippen molar-refractivity contribution in [3.05, 3.63) is 52.9 Å². The van der Waals surface area contributed by atoms with Crippen LogP contribution in [-0.4, -0.2) is 53.1 Å². The van der Waals surface area contributed by atoms with E-state index in [9.17, 15) is 23.1 Å². The highest BCUT2D eigenvalue weighted by Crippen LogP contribution is 2.41. The van der Waals surface area contributed by atoms with Gasteiger partial charge < -0.3 is 24.5 Å². The summed E-state index contributed by atoms with van der Waals surface area (Å²) >= 11 is 6.03. The second kappa shape index (κ2) is 10.4. The highest BCUT2D eigenvalue weighted by Gasteiger charge is 2.40. The minimum atomic E-state index is -4.20. The summed E-state index contributed by atoms with van der Waals surface area (Å²) in [6.07, 6.45) is -0.942. The number of sulfone groups is 1. The molecule has 0 unspecified atom stereocenters. The molecule has 2 N–H and O–H groups in total. The Balaban J connectivity index is 1.85. The molecule has 2 heterocycles. The van der Waals surface area contributed by atoms with Crippen LogP contribution in [-0.2, 0) is 31.3 Å². The maximum Gasteiger partial charge on any atom is 0.408 e. The van der Waals surface area contributed by atoms with Gasteiger partial charge in [0.15, 0.2) is 9.84 Å². The molecule has 13 heteroatoms. The van der Waals surface area contributed by atoms with E-state index in [2.05, 4.69) is 15.5 Å². The summed E-state index contributed by atoms with van der Waals surface area (Å²) in [4.78, 5) is 27.4. The Kier molecular flexibility index (Phi) is 7.63. The van der Waals surface area contributed by atoms with E-state index in [1.165, 1.54) is 11.0 Å². The van der Waals surface area contributed by atoms with Gasteiger partial charge in [0.2, 0.25) is 5.89 Å². The first-order chi connectivity index (χ1) is 18.4. The molecule has 1 atom stereocenters. The molecule has 3 aromatic rings. The van der Waals surface area contributed by atoms with E-state index in [0.717, 1.165) is 6.07 Å². The van der Waals surface area contributed by atoms with Gasteiger partial charge in [-0.3, -0.25) is 4.79 Å². The maximum atomic E-state index is 13.9. The van der Waals surface area contributed by atoms with Crippen molar-refractivity contribution in [2.24, 2.45) is 0 Å². The van der Waals surface area contributed by atoms with Crippen molar-refractivity contribution in [2.45, 2.75) is 70.0 Å². The lowest BCUT2D eigenvalue weighted by Crippen LogP contribution is -2.51. The highest BCUT2D eigenvalue weighted by molar-refractivity contribution is 7.91. The number of aromatic nitrogens is 2. The Hall–Kier alpha value is -3.64. The van der Waals surface area contributed by atoms with Crippen molar-refractivity contribution >= 4 is 39.1 Å². The van der Waals surface area contributed by atoms with Crippen LogP contribution in [0.3, 0.4) is 0 Å². The number of aromatic hydroxyl groups is 1. The fourth-order valence-electron chi connectivity index (χ4n) is 4.00. The third-order valence-electron chi connectivity index (χ3n) is 5.90. The molecular formula is C27H31ClN4O7S. The van der Waals surface area contributed by atoms with Crippen LogP contribution in [0.5, 0.6) is 5.75 Å².